The predicted octanol–water partition coefficient (Wildman–Crippen LogP) is 3.74. The topological polar surface area (TPSA) is 38.5 Å². The zero-order valence-corrected chi connectivity index (χ0v) is 13.4. The second-order valence-electron chi connectivity index (χ2n) is 5.90. The van der Waals surface area contributed by atoms with Gasteiger partial charge in [-0.25, -0.2) is 10.3 Å². The molecule has 3 nitrogen and oxygen atoms in total. The summed E-state index contributed by atoms with van der Waals surface area (Å²) in [6, 6.07) is 0. The first-order valence-corrected chi connectivity index (χ1v) is 7.80. The zero-order chi connectivity index (χ0) is 15.7. The molecule has 0 aromatic rings. The lowest BCUT2D eigenvalue weighted by molar-refractivity contribution is -0.0341. The molecule has 0 saturated carbocycles. The molecule has 0 aromatic carbocycles. The molecule has 2 unspecified atom stereocenters. The Morgan fingerprint density at radius 3 is 2.81 bits per heavy atom. The number of unbranched alkanes of at least 4 members (excludes halogenated alkanes) is 1. The van der Waals surface area contributed by atoms with E-state index in [1.54, 1.807) is 6.08 Å². The quantitative estimate of drug-likeness (QED) is 0.421. The maximum atomic E-state index is 12.7. The summed E-state index contributed by atoms with van der Waals surface area (Å²) in [5, 5.41) is 0. The Labute approximate surface area is 128 Å². The van der Waals surface area contributed by atoms with E-state index in [0.29, 0.717) is 5.92 Å². The van der Waals surface area contributed by atoms with E-state index >= 15 is 0 Å². The number of allylic oxidation sites excluding steroid dienone is 5. The predicted molar refractivity (Wildman–Crippen MR) is 86.3 cm³/mol. The van der Waals surface area contributed by atoms with Crippen LogP contribution in [0.15, 0.2) is 36.2 Å². The first kappa shape index (κ1) is 18.1. The highest BCUT2D eigenvalue weighted by atomic mass is 19.1. The summed E-state index contributed by atoms with van der Waals surface area (Å²) in [6.45, 7) is 10.5. The van der Waals surface area contributed by atoms with E-state index in [2.05, 4.69) is 18.4 Å². The van der Waals surface area contributed by atoms with Gasteiger partial charge in [-0.15, -0.1) is 0 Å². The van der Waals surface area contributed by atoms with E-state index in [-0.39, 0.29) is 11.9 Å². The van der Waals surface area contributed by atoms with Gasteiger partial charge < -0.3 is 4.90 Å². The van der Waals surface area contributed by atoms with Crippen LogP contribution in [0, 0.1) is 5.92 Å². The molecule has 1 aliphatic heterocycles. The SMILES string of the molecule is C=C/C(=C\C=C(/C)F)CCCCN1CCC(C)C(ON)C1. The van der Waals surface area contributed by atoms with Gasteiger partial charge in [0.2, 0.25) is 0 Å². The fourth-order valence-electron chi connectivity index (χ4n) is 2.62. The number of rotatable bonds is 8. The fourth-order valence-corrected chi connectivity index (χ4v) is 2.62. The van der Waals surface area contributed by atoms with Crippen LogP contribution in [0.4, 0.5) is 4.39 Å². The van der Waals surface area contributed by atoms with Crippen LogP contribution in [0.3, 0.4) is 0 Å². The van der Waals surface area contributed by atoms with Crippen molar-refractivity contribution in [2.75, 3.05) is 19.6 Å². The van der Waals surface area contributed by atoms with Gasteiger partial charge in [-0.1, -0.05) is 25.7 Å². The van der Waals surface area contributed by atoms with Crippen LogP contribution < -0.4 is 5.90 Å². The number of nitrogens with zero attached hydrogens (tertiary/aromatic N) is 1. The average Bonchev–Trinajstić information content (AvgIpc) is 2.47. The van der Waals surface area contributed by atoms with Crippen molar-refractivity contribution in [1.82, 2.24) is 4.90 Å². The number of halogens is 1. The summed E-state index contributed by atoms with van der Waals surface area (Å²) < 4.78 is 12.7. The molecule has 1 rings (SSSR count). The maximum absolute atomic E-state index is 12.7. The van der Waals surface area contributed by atoms with Gasteiger partial charge >= 0.3 is 0 Å². The normalized spacial score (nSPS) is 25.1. The Bertz CT molecular complexity index is 375. The van der Waals surface area contributed by atoms with Crippen LogP contribution >= 0.6 is 0 Å². The first-order valence-electron chi connectivity index (χ1n) is 7.80. The minimum absolute atomic E-state index is 0.153. The average molecular weight is 296 g/mol. The highest BCUT2D eigenvalue weighted by Gasteiger charge is 2.25. The Balaban J connectivity index is 2.26. The molecule has 0 spiro atoms. The maximum Gasteiger partial charge on any atom is 0.0968 e. The van der Waals surface area contributed by atoms with E-state index in [4.69, 9.17) is 10.7 Å². The van der Waals surface area contributed by atoms with Crippen LogP contribution in [-0.2, 0) is 4.84 Å². The monoisotopic (exact) mass is 296 g/mol. The van der Waals surface area contributed by atoms with Crippen LogP contribution in [-0.4, -0.2) is 30.6 Å². The number of likely N-dealkylation sites (tertiary alicyclic amines) is 1. The van der Waals surface area contributed by atoms with Gasteiger partial charge in [-0.05, 0) is 63.3 Å². The molecule has 1 saturated heterocycles. The van der Waals surface area contributed by atoms with E-state index in [0.717, 1.165) is 50.9 Å². The molecule has 1 aliphatic rings. The van der Waals surface area contributed by atoms with Gasteiger partial charge in [-0.3, -0.25) is 4.84 Å². The molecule has 0 radical (unpaired) electrons. The molecule has 1 fully saturated rings. The summed E-state index contributed by atoms with van der Waals surface area (Å²) in [4.78, 5) is 7.46. The molecule has 0 bridgehead atoms. The van der Waals surface area contributed by atoms with Crippen LogP contribution in [0.1, 0.15) is 39.5 Å². The summed E-state index contributed by atoms with van der Waals surface area (Å²) in [5.74, 6) is 5.71. The third-order valence-corrected chi connectivity index (χ3v) is 4.13. The lowest BCUT2D eigenvalue weighted by Crippen LogP contribution is -2.45. The minimum Gasteiger partial charge on any atom is -0.301 e. The molecular formula is C17H29FN2O. The van der Waals surface area contributed by atoms with Crippen molar-refractivity contribution in [2.45, 2.75) is 45.6 Å². The number of nitrogens with two attached hydrogens (primary N) is 1. The standard InChI is InChI=1S/C17H29FN2O/c1-4-16(9-8-15(3)18)7-5-6-11-20-12-10-14(2)17(13-20)21-19/h4,8-9,14,17H,1,5-7,10-13,19H2,2-3H3/b15-8+,16-9+. The van der Waals surface area contributed by atoms with Crippen molar-refractivity contribution in [3.05, 3.63) is 36.2 Å². The van der Waals surface area contributed by atoms with E-state index in [1.807, 2.05) is 6.08 Å². The van der Waals surface area contributed by atoms with Gasteiger partial charge in [-0.2, -0.15) is 0 Å². The summed E-state index contributed by atoms with van der Waals surface area (Å²) in [5.41, 5.74) is 1.09. The molecule has 0 aliphatic carbocycles. The largest absolute Gasteiger partial charge is 0.301 e. The zero-order valence-electron chi connectivity index (χ0n) is 13.4. The summed E-state index contributed by atoms with van der Waals surface area (Å²) in [7, 11) is 0. The van der Waals surface area contributed by atoms with Gasteiger partial charge in [0.15, 0.2) is 0 Å². The third kappa shape index (κ3) is 7.02. The summed E-state index contributed by atoms with van der Waals surface area (Å²) >= 11 is 0. The van der Waals surface area contributed by atoms with Crippen molar-refractivity contribution >= 4 is 0 Å². The molecule has 0 aromatic heterocycles. The number of piperidine rings is 1. The highest BCUT2D eigenvalue weighted by molar-refractivity contribution is 5.22. The minimum atomic E-state index is -0.176. The van der Waals surface area contributed by atoms with Crippen molar-refractivity contribution < 1.29 is 9.23 Å². The number of hydrogen-bond acceptors (Lipinski definition) is 3. The lowest BCUT2D eigenvalue weighted by Gasteiger charge is -2.35. The Hall–Kier alpha value is -0.970. The van der Waals surface area contributed by atoms with Gasteiger partial charge in [0.1, 0.15) is 0 Å². The second kappa shape index (κ2) is 9.87. The molecular weight excluding hydrogens is 267 g/mol. The second-order valence-corrected chi connectivity index (χ2v) is 5.90. The Kier molecular flexibility index (Phi) is 8.50. The fraction of sp³-hybridized carbons (Fsp3) is 0.647. The van der Waals surface area contributed by atoms with Gasteiger partial charge in [0.05, 0.1) is 11.9 Å². The molecule has 2 atom stereocenters. The molecule has 120 valence electrons. The lowest BCUT2D eigenvalue weighted by atomic mass is 9.95. The van der Waals surface area contributed by atoms with E-state index in [9.17, 15) is 4.39 Å². The third-order valence-electron chi connectivity index (χ3n) is 4.13. The number of hydrogen-bond donors (Lipinski definition) is 1. The molecule has 2 N–H and O–H groups in total. The van der Waals surface area contributed by atoms with Crippen LogP contribution in [0.25, 0.3) is 0 Å². The Morgan fingerprint density at radius 2 is 2.19 bits per heavy atom. The van der Waals surface area contributed by atoms with Crippen molar-refractivity contribution in [3.8, 4) is 0 Å². The van der Waals surface area contributed by atoms with Crippen molar-refractivity contribution in [2.24, 2.45) is 11.8 Å². The highest BCUT2D eigenvalue weighted by Crippen LogP contribution is 2.19. The smallest absolute Gasteiger partial charge is 0.0968 e. The molecule has 0 amide bonds. The molecule has 21 heavy (non-hydrogen) atoms. The molecule has 1 heterocycles. The van der Waals surface area contributed by atoms with E-state index < -0.39 is 0 Å². The first-order chi connectivity index (χ1) is 10.1. The van der Waals surface area contributed by atoms with Gasteiger partial charge in [0.25, 0.3) is 0 Å². The van der Waals surface area contributed by atoms with Crippen molar-refractivity contribution in [1.29, 1.82) is 0 Å². The van der Waals surface area contributed by atoms with Gasteiger partial charge in [0, 0.05) is 6.54 Å². The van der Waals surface area contributed by atoms with Crippen molar-refractivity contribution in [3.63, 3.8) is 0 Å². The van der Waals surface area contributed by atoms with Crippen LogP contribution in [0.5, 0.6) is 0 Å². The van der Waals surface area contributed by atoms with Crippen LogP contribution in [0.2, 0.25) is 0 Å². The Morgan fingerprint density at radius 1 is 1.43 bits per heavy atom. The molecule has 4 heteroatoms. The van der Waals surface area contributed by atoms with E-state index in [1.165, 1.54) is 13.0 Å². The summed E-state index contributed by atoms with van der Waals surface area (Å²) in [6.07, 6.45) is 9.54.